The molecule has 1 aromatic carbocycles. The van der Waals surface area contributed by atoms with E-state index in [-0.39, 0.29) is 6.79 Å². The highest BCUT2D eigenvalue weighted by molar-refractivity contribution is 7.99. The van der Waals surface area contributed by atoms with Gasteiger partial charge in [0, 0.05) is 11.3 Å². The third-order valence-electron chi connectivity index (χ3n) is 2.92. The molecule has 0 saturated carbocycles. The second kappa shape index (κ2) is 6.52. The lowest BCUT2D eigenvalue weighted by atomic mass is 10.1. The molecule has 0 unspecified atom stereocenters. The maximum atomic E-state index is 5.36. The molecule has 8 heteroatoms. The van der Waals surface area contributed by atoms with E-state index in [2.05, 4.69) is 32.3 Å². The van der Waals surface area contributed by atoms with Crippen molar-refractivity contribution >= 4 is 23.4 Å². The standard InChI is InChI=1S/C14H15N5O2S/c1-3-6-22-14-15-13(18-19-14)17-16-9(2)10-4-5-11-12(7-10)21-8-20-11/h3-5,7H,1,6,8H2,2H3,(H2,15,17,18,19)/b16-9+. The quantitative estimate of drug-likeness (QED) is 0.369. The Balaban J connectivity index is 1.67. The minimum atomic E-state index is 0.260. The Labute approximate surface area is 131 Å². The molecule has 1 aliphatic heterocycles. The first-order valence-electron chi connectivity index (χ1n) is 6.62. The van der Waals surface area contributed by atoms with Crippen LogP contribution in [0.1, 0.15) is 12.5 Å². The van der Waals surface area contributed by atoms with Crippen molar-refractivity contribution in [3.05, 3.63) is 36.4 Å². The second-order valence-electron chi connectivity index (χ2n) is 4.44. The summed E-state index contributed by atoms with van der Waals surface area (Å²) in [5.41, 5.74) is 4.60. The number of hydrogen-bond acceptors (Lipinski definition) is 7. The predicted octanol–water partition coefficient (Wildman–Crippen LogP) is 2.65. The van der Waals surface area contributed by atoms with Crippen LogP contribution in [-0.4, -0.2) is 33.4 Å². The number of hydrogen-bond donors (Lipinski definition) is 2. The van der Waals surface area contributed by atoms with Crippen LogP contribution in [0.15, 0.2) is 41.1 Å². The van der Waals surface area contributed by atoms with Gasteiger partial charge in [0.25, 0.3) is 0 Å². The fourth-order valence-electron chi connectivity index (χ4n) is 1.82. The number of thioether (sulfide) groups is 1. The number of nitrogens with zero attached hydrogens (tertiary/aromatic N) is 3. The molecule has 3 rings (SSSR count). The van der Waals surface area contributed by atoms with E-state index in [4.69, 9.17) is 9.47 Å². The summed E-state index contributed by atoms with van der Waals surface area (Å²) in [4.78, 5) is 4.26. The highest BCUT2D eigenvalue weighted by atomic mass is 32.2. The minimum Gasteiger partial charge on any atom is -0.454 e. The first kappa shape index (κ1) is 14.5. The van der Waals surface area contributed by atoms with Gasteiger partial charge < -0.3 is 9.47 Å². The molecule has 7 nitrogen and oxygen atoms in total. The summed E-state index contributed by atoms with van der Waals surface area (Å²) >= 11 is 1.49. The minimum absolute atomic E-state index is 0.260. The van der Waals surface area contributed by atoms with Crippen LogP contribution in [0.5, 0.6) is 11.5 Å². The van der Waals surface area contributed by atoms with E-state index < -0.39 is 0 Å². The Morgan fingerprint density at radius 1 is 1.50 bits per heavy atom. The number of fused-ring (bicyclic) bond motifs is 1. The van der Waals surface area contributed by atoms with Crippen molar-refractivity contribution < 1.29 is 9.47 Å². The van der Waals surface area contributed by atoms with Crippen LogP contribution in [0, 0.1) is 0 Å². The predicted molar refractivity (Wildman–Crippen MR) is 85.7 cm³/mol. The summed E-state index contributed by atoms with van der Waals surface area (Å²) in [6.45, 7) is 5.81. The van der Waals surface area contributed by atoms with E-state index in [9.17, 15) is 0 Å². The average Bonchev–Trinajstić information content (AvgIpc) is 3.18. The monoisotopic (exact) mass is 317 g/mol. The maximum absolute atomic E-state index is 5.36. The first-order valence-corrected chi connectivity index (χ1v) is 7.61. The van der Waals surface area contributed by atoms with Gasteiger partial charge in [0.1, 0.15) is 0 Å². The molecule has 0 radical (unpaired) electrons. The molecular weight excluding hydrogens is 302 g/mol. The fraction of sp³-hybridized carbons (Fsp3) is 0.214. The first-order chi connectivity index (χ1) is 10.8. The normalized spacial score (nSPS) is 13.2. The third kappa shape index (κ3) is 3.22. The molecule has 2 aromatic rings. The number of hydrazone groups is 1. The van der Waals surface area contributed by atoms with Gasteiger partial charge >= 0.3 is 0 Å². The lowest BCUT2D eigenvalue weighted by molar-refractivity contribution is 0.174. The molecule has 114 valence electrons. The fourth-order valence-corrected chi connectivity index (χ4v) is 2.35. The summed E-state index contributed by atoms with van der Waals surface area (Å²) in [6.07, 6.45) is 1.80. The smallest absolute Gasteiger partial charge is 0.240 e. The van der Waals surface area contributed by atoms with Crippen molar-refractivity contribution in [2.75, 3.05) is 18.0 Å². The van der Waals surface area contributed by atoms with Gasteiger partial charge in [-0.25, -0.2) is 10.5 Å². The molecule has 2 heterocycles. The van der Waals surface area contributed by atoms with E-state index in [0.717, 1.165) is 28.5 Å². The molecule has 22 heavy (non-hydrogen) atoms. The summed E-state index contributed by atoms with van der Waals surface area (Å²) in [5, 5.41) is 11.8. The number of benzene rings is 1. The Morgan fingerprint density at radius 2 is 2.36 bits per heavy atom. The van der Waals surface area contributed by atoms with Crippen LogP contribution in [0.25, 0.3) is 0 Å². The van der Waals surface area contributed by atoms with E-state index >= 15 is 0 Å². The van der Waals surface area contributed by atoms with Gasteiger partial charge in [-0.05, 0) is 25.1 Å². The van der Waals surface area contributed by atoms with Crippen LogP contribution < -0.4 is 14.9 Å². The zero-order chi connectivity index (χ0) is 15.4. The lowest BCUT2D eigenvalue weighted by Crippen LogP contribution is -2.00. The van der Waals surface area contributed by atoms with Crippen molar-refractivity contribution in [3.8, 4) is 11.5 Å². The highest BCUT2D eigenvalue weighted by Gasteiger charge is 2.14. The van der Waals surface area contributed by atoms with Gasteiger partial charge in [-0.15, -0.1) is 11.7 Å². The van der Waals surface area contributed by atoms with Crippen LogP contribution in [0.2, 0.25) is 0 Å². The molecule has 2 N–H and O–H groups in total. The number of nitrogens with one attached hydrogen (secondary N) is 2. The number of rotatable bonds is 6. The molecule has 1 aliphatic rings. The van der Waals surface area contributed by atoms with Crippen LogP contribution in [0.3, 0.4) is 0 Å². The van der Waals surface area contributed by atoms with E-state index in [1.165, 1.54) is 11.8 Å². The van der Waals surface area contributed by atoms with E-state index in [1.807, 2.05) is 25.1 Å². The Hall–Kier alpha value is -2.48. The van der Waals surface area contributed by atoms with Gasteiger partial charge in [-0.2, -0.15) is 10.1 Å². The summed E-state index contributed by atoms with van der Waals surface area (Å²) in [6, 6.07) is 5.70. The number of aromatic amines is 1. The van der Waals surface area contributed by atoms with Crippen LogP contribution in [0.4, 0.5) is 5.95 Å². The number of H-pyrrole nitrogens is 1. The number of aromatic nitrogens is 3. The van der Waals surface area contributed by atoms with Gasteiger partial charge in [0.15, 0.2) is 11.5 Å². The van der Waals surface area contributed by atoms with Crippen molar-refractivity contribution in [1.82, 2.24) is 15.2 Å². The van der Waals surface area contributed by atoms with E-state index in [1.54, 1.807) is 6.08 Å². The van der Waals surface area contributed by atoms with Crippen LogP contribution >= 0.6 is 11.8 Å². The largest absolute Gasteiger partial charge is 0.454 e. The van der Waals surface area contributed by atoms with Gasteiger partial charge in [-0.1, -0.05) is 17.8 Å². The average molecular weight is 317 g/mol. The molecule has 0 amide bonds. The topological polar surface area (TPSA) is 84.4 Å². The summed E-state index contributed by atoms with van der Waals surface area (Å²) in [7, 11) is 0. The molecule has 0 spiro atoms. The Bertz CT molecular complexity index is 713. The summed E-state index contributed by atoms with van der Waals surface area (Å²) in [5.74, 6) is 2.74. The van der Waals surface area contributed by atoms with Crippen molar-refractivity contribution in [2.24, 2.45) is 5.10 Å². The Morgan fingerprint density at radius 3 is 3.23 bits per heavy atom. The van der Waals surface area contributed by atoms with Crippen molar-refractivity contribution in [2.45, 2.75) is 12.1 Å². The number of anilines is 1. The number of ether oxygens (including phenoxy) is 2. The Kier molecular flexibility index (Phi) is 4.29. The molecule has 0 atom stereocenters. The van der Waals surface area contributed by atoms with Crippen molar-refractivity contribution in [1.29, 1.82) is 0 Å². The summed E-state index contributed by atoms with van der Waals surface area (Å²) < 4.78 is 10.6. The van der Waals surface area contributed by atoms with Gasteiger partial charge in [0.05, 0.1) is 5.71 Å². The zero-order valence-corrected chi connectivity index (χ0v) is 12.8. The maximum Gasteiger partial charge on any atom is 0.240 e. The molecular formula is C14H15N5O2S. The van der Waals surface area contributed by atoms with Crippen molar-refractivity contribution in [3.63, 3.8) is 0 Å². The third-order valence-corrected chi connectivity index (χ3v) is 3.76. The molecule has 0 saturated heterocycles. The lowest BCUT2D eigenvalue weighted by Gasteiger charge is -2.02. The van der Waals surface area contributed by atoms with Gasteiger partial charge in [-0.3, -0.25) is 0 Å². The SMILES string of the molecule is C=CCSc1n[nH]c(N/N=C(\C)c2ccc3c(c2)OCO3)n1. The molecule has 0 aliphatic carbocycles. The van der Waals surface area contributed by atoms with Gasteiger partial charge in [0.2, 0.25) is 17.9 Å². The van der Waals surface area contributed by atoms with Crippen LogP contribution in [-0.2, 0) is 0 Å². The van der Waals surface area contributed by atoms with E-state index in [0.29, 0.717) is 11.1 Å². The molecule has 0 fully saturated rings. The highest BCUT2D eigenvalue weighted by Crippen LogP contribution is 2.32. The molecule has 0 bridgehead atoms. The second-order valence-corrected chi connectivity index (χ2v) is 5.43. The zero-order valence-electron chi connectivity index (χ0n) is 12.0. The molecule has 1 aromatic heterocycles.